The largest absolute Gasteiger partial charge is 0.359 e. The Kier molecular flexibility index (Phi) is 3.09. The van der Waals surface area contributed by atoms with E-state index in [4.69, 9.17) is 0 Å². The maximum Gasteiger partial charge on any atom is 0.136 e. The van der Waals surface area contributed by atoms with E-state index in [0.717, 1.165) is 18.8 Å². The Morgan fingerprint density at radius 3 is 2.62 bits per heavy atom. The highest BCUT2D eigenvalue weighted by atomic mass is 15.2. The normalized spacial score (nSPS) is 10.7. The first-order valence-corrected chi connectivity index (χ1v) is 5.85. The lowest BCUT2D eigenvalue weighted by Gasteiger charge is -2.18. The molecule has 0 bridgehead atoms. The zero-order chi connectivity index (χ0) is 11.5. The second kappa shape index (κ2) is 4.52. The van der Waals surface area contributed by atoms with Crippen molar-refractivity contribution in [2.45, 2.75) is 20.3 Å². The average Bonchev–Trinajstić information content (AvgIpc) is 2.36. The maximum atomic E-state index is 4.48. The standard InChI is InChI=1S/C14H18N2/c1-4-11-7-6-8-13-12(11)9-10-15-14(13)16(3)5-2/h6-10H,4-5H2,1-3H3. The molecule has 2 nitrogen and oxygen atoms in total. The van der Waals surface area contributed by atoms with Crippen LogP contribution in [0.25, 0.3) is 10.8 Å². The number of hydrogen-bond acceptors (Lipinski definition) is 2. The number of aromatic nitrogens is 1. The second-order valence-corrected chi connectivity index (χ2v) is 4.01. The van der Waals surface area contributed by atoms with E-state index in [2.05, 4.69) is 55.0 Å². The lowest BCUT2D eigenvalue weighted by molar-refractivity contribution is 0.946. The molecule has 0 aliphatic heterocycles. The lowest BCUT2D eigenvalue weighted by Crippen LogP contribution is -2.17. The molecular weight excluding hydrogens is 196 g/mol. The molecule has 0 unspecified atom stereocenters. The van der Waals surface area contributed by atoms with Crippen molar-refractivity contribution >= 4 is 16.6 Å². The van der Waals surface area contributed by atoms with Gasteiger partial charge in [-0.1, -0.05) is 25.1 Å². The molecular formula is C14H18N2. The summed E-state index contributed by atoms with van der Waals surface area (Å²) in [6, 6.07) is 8.58. The highest BCUT2D eigenvalue weighted by molar-refractivity contribution is 5.94. The molecule has 0 radical (unpaired) electrons. The minimum absolute atomic E-state index is 0.975. The van der Waals surface area contributed by atoms with Gasteiger partial charge in [-0.2, -0.15) is 0 Å². The van der Waals surface area contributed by atoms with Crippen molar-refractivity contribution in [3.8, 4) is 0 Å². The van der Waals surface area contributed by atoms with Crippen molar-refractivity contribution in [2.75, 3.05) is 18.5 Å². The van der Waals surface area contributed by atoms with Gasteiger partial charge in [0.1, 0.15) is 5.82 Å². The minimum Gasteiger partial charge on any atom is -0.359 e. The van der Waals surface area contributed by atoms with Crippen molar-refractivity contribution in [3.63, 3.8) is 0 Å². The summed E-state index contributed by atoms with van der Waals surface area (Å²) >= 11 is 0. The summed E-state index contributed by atoms with van der Waals surface area (Å²) in [5.41, 5.74) is 1.39. The van der Waals surface area contributed by atoms with E-state index in [-0.39, 0.29) is 0 Å². The topological polar surface area (TPSA) is 16.1 Å². The minimum atomic E-state index is 0.975. The van der Waals surface area contributed by atoms with Crippen molar-refractivity contribution < 1.29 is 0 Å². The van der Waals surface area contributed by atoms with E-state index in [9.17, 15) is 0 Å². The summed E-state index contributed by atoms with van der Waals surface area (Å²) in [6.45, 7) is 5.31. The number of fused-ring (bicyclic) bond motifs is 1. The van der Waals surface area contributed by atoms with Gasteiger partial charge in [-0.25, -0.2) is 4.98 Å². The summed E-state index contributed by atoms with van der Waals surface area (Å²) in [5.74, 6) is 1.08. The van der Waals surface area contributed by atoms with Gasteiger partial charge in [0.2, 0.25) is 0 Å². The predicted molar refractivity (Wildman–Crippen MR) is 70.1 cm³/mol. The monoisotopic (exact) mass is 214 g/mol. The molecule has 0 fully saturated rings. The molecule has 2 heteroatoms. The first-order valence-electron chi connectivity index (χ1n) is 5.85. The van der Waals surface area contributed by atoms with Crippen LogP contribution >= 0.6 is 0 Å². The van der Waals surface area contributed by atoms with Crippen LogP contribution in [0.15, 0.2) is 30.5 Å². The third-order valence-electron chi connectivity index (χ3n) is 3.09. The smallest absolute Gasteiger partial charge is 0.136 e. The van der Waals surface area contributed by atoms with E-state index in [0.29, 0.717) is 0 Å². The summed E-state index contributed by atoms with van der Waals surface area (Å²) in [7, 11) is 2.08. The zero-order valence-corrected chi connectivity index (χ0v) is 10.2. The Morgan fingerprint density at radius 1 is 1.12 bits per heavy atom. The molecule has 84 valence electrons. The molecule has 1 aromatic carbocycles. The van der Waals surface area contributed by atoms with Gasteiger partial charge in [0.15, 0.2) is 0 Å². The van der Waals surface area contributed by atoms with Gasteiger partial charge in [0, 0.05) is 25.2 Å². The second-order valence-electron chi connectivity index (χ2n) is 4.01. The van der Waals surface area contributed by atoms with Crippen LogP contribution in [0.3, 0.4) is 0 Å². The maximum absolute atomic E-state index is 4.48. The summed E-state index contributed by atoms with van der Waals surface area (Å²) < 4.78 is 0. The van der Waals surface area contributed by atoms with Crippen LogP contribution in [0.4, 0.5) is 5.82 Å². The molecule has 1 heterocycles. The molecule has 1 aromatic heterocycles. The highest BCUT2D eigenvalue weighted by Gasteiger charge is 2.07. The molecule has 0 aliphatic carbocycles. The molecule has 0 N–H and O–H groups in total. The third kappa shape index (κ3) is 1.75. The first kappa shape index (κ1) is 10.9. The van der Waals surface area contributed by atoms with Gasteiger partial charge in [0.05, 0.1) is 0 Å². The van der Waals surface area contributed by atoms with Crippen molar-refractivity contribution in [2.24, 2.45) is 0 Å². The first-order chi connectivity index (χ1) is 7.77. The molecule has 2 aromatic rings. The molecule has 0 spiro atoms. The van der Waals surface area contributed by atoms with E-state index in [1.165, 1.54) is 16.3 Å². The molecule has 16 heavy (non-hydrogen) atoms. The van der Waals surface area contributed by atoms with Crippen molar-refractivity contribution in [3.05, 3.63) is 36.0 Å². The van der Waals surface area contributed by atoms with Crippen molar-refractivity contribution in [1.29, 1.82) is 0 Å². The van der Waals surface area contributed by atoms with Gasteiger partial charge < -0.3 is 4.90 Å². The van der Waals surface area contributed by atoms with E-state index in [1.807, 2.05) is 6.20 Å². The fourth-order valence-electron chi connectivity index (χ4n) is 2.02. The van der Waals surface area contributed by atoms with Crippen LogP contribution in [0.2, 0.25) is 0 Å². The van der Waals surface area contributed by atoms with Crippen LogP contribution in [0.1, 0.15) is 19.4 Å². The van der Waals surface area contributed by atoms with Gasteiger partial charge in [-0.15, -0.1) is 0 Å². The average molecular weight is 214 g/mol. The van der Waals surface area contributed by atoms with E-state index >= 15 is 0 Å². The number of hydrogen-bond donors (Lipinski definition) is 0. The zero-order valence-electron chi connectivity index (χ0n) is 10.2. The summed E-state index contributed by atoms with van der Waals surface area (Å²) in [6.07, 6.45) is 2.97. The van der Waals surface area contributed by atoms with Gasteiger partial charge >= 0.3 is 0 Å². The number of pyridine rings is 1. The van der Waals surface area contributed by atoms with E-state index in [1.54, 1.807) is 0 Å². The Bertz CT molecular complexity index is 491. The van der Waals surface area contributed by atoms with Gasteiger partial charge in [-0.3, -0.25) is 0 Å². The van der Waals surface area contributed by atoms with Crippen LogP contribution in [-0.2, 0) is 6.42 Å². The number of rotatable bonds is 3. The molecule has 0 saturated heterocycles. The van der Waals surface area contributed by atoms with Gasteiger partial charge in [-0.05, 0) is 30.4 Å². The Morgan fingerprint density at radius 2 is 1.94 bits per heavy atom. The van der Waals surface area contributed by atoms with Gasteiger partial charge in [0.25, 0.3) is 0 Å². The summed E-state index contributed by atoms with van der Waals surface area (Å²) in [4.78, 5) is 6.66. The fourth-order valence-corrected chi connectivity index (χ4v) is 2.02. The SMILES string of the molecule is CCc1cccc2c(N(C)CC)nccc12. The Labute approximate surface area is 96.9 Å². The Balaban J connectivity index is 2.69. The van der Waals surface area contributed by atoms with Crippen LogP contribution in [-0.4, -0.2) is 18.6 Å². The predicted octanol–water partition coefficient (Wildman–Crippen LogP) is 3.25. The molecule has 0 saturated carbocycles. The van der Waals surface area contributed by atoms with Crippen LogP contribution in [0.5, 0.6) is 0 Å². The van der Waals surface area contributed by atoms with Crippen LogP contribution in [0, 0.1) is 0 Å². The van der Waals surface area contributed by atoms with Crippen LogP contribution < -0.4 is 4.90 Å². The number of anilines is 1. The lowest BCUT2D eigenvalue weighted by atomic mass is 10.0. The summed E-state index contributed by atoms with van der Waals surface area (Å²) in [5, 5.41) is 2.58. The van der Waals surface area contributed by atoms with E-state index < -0.39 is 0 Å². The number of nitrogens with zero attached hydrogens (tertiary/aromatic N) is 2. The number of aryl methyl sites for hydroxylation is 1. The molecule has 0 atom stereocenters. The highest BCUT2D eigenvalue weighted by Crippen LogP contribution is 2.26. The molecule has 2 rings (SSSR count). The fraction of sp³-hybridized carbons (Fsp3) is 0.357. The molecule has 0 amide bonds. The third-order valence-corrected chi connectivity index (χ3v) is 3.09. The molecule has 0 aliphatic rings. The van der Waals surface area contributed by atoms with Crippen molar-refractivity contribution in [1.82, 2.24) is 4.98 Å². The quantitative estimate of drug-likeness (QED) is 0.779. The Hall–Kier alpha value is -1.57. The number of benzene rings is 1.